The van der Waals surface area contributed by atoms with E-state index in [1.54, 1.807) is 6.20 Å². The first-order chi connectivity index (χ1) is 10.6. The molecule has 0 saturated carbocycles. The molecule has 4 aromatic rings. The van der Waals surface area contributed by atoms with Crippen LogP contribution in [0.1, 0.15) is 0 Å². The first kappa shape index (κ1) is 15.1. The van der Waals surface area contributed by atoms with Crippen molar-refractivity contribution in [1.29, 1.82) is 0 Å². The lowest BCUT2D eigenvalue weighted by atomic mass is 10.4. The van der Waals surface area contributed by atoms with Gasteiger partial charge in [0.15, 0.2) is 5.82 Å². The van der Waals surface area contributed by atoms with E-state index in [2.05, 4.69) is 45.8 Å². The molecular weight excluding hydrogens is 398 g/mol. The third-order valence-corrected chi connectivity index (χ3v) is 3.95. The number of aromatic nitrogens is 6. The lowest BCUT2D eigenvalue weighted by Gasteiger charge is -1.90. The SMILES string of the molecule is Clc1ncnc2[nH]cc(Br)c12.Fc1c[nH]c2ncnc(Cl)c12. The number of hydrogen-bond acceptors (Lipinski definition) is 4. The van der Waals surface area contributed by atoms with Crippen molar-refractivity contribution in [3.05, 3.63) is 45.6 Å². The third-order valence-electron chi connectivity index (χ3n) is 2.75. The lowest BCUT2D eigenvalue weighted by Crippen LogP contribution is -1.81. The molecule has 0 fully saturated rings. The van der Waals surface area contributed by atoms with Crippen molar-refractivity contribution >= 4 is 61.2 Å². The smallest absolute Gasteiger partial charge is 0.153 e. The number of aromatic amines is 2. The van der Waals surface area contributed by atoms with Crippen LogP contribution in [0, 0.1) is 5.82 Å². The molecule has 10 heteroatoms. The summed E-state index contributed by atoms with van der Waals surface area (Å²) in [5, 5.41) is 1.67. The molecule has 2 N–H and O–H groups in total. The Morgan fingerprint density at radius 3 is 2.00 bits per heavy atom. The van der Waals surface area contributed by atoms with Crippen LogP contribution in [0.15, 0.2) is 29.5 Å². The summed E-state index contributed by atoms with van der Waals surface area (Å²) in [7, 11) is 0. The molecule has 0 saturated heterocycles. The minimum atomic E-state index is -0.425. The van der Waals surface area contributed by atoms with Gasteiger partial charge in [0.2, 0.25) is 0 Å². The zero-order chi connectivity index (χ0) is 15.7. The van der Waals surface area contributed by atoms with E-state index in [1.807, 2.05) is 0 Å². The van der Waals surface area contributed by atoms with Gasteiger partial charge in [-0.15, -0.1) is 0 Å². The molecule has 22 heavy (non-hydrogen) atoms. The van der Waals surface area contributed by atoms with Crippen molar-refractivity contribution in [2.24, 2.45) is 0 Å². The normalized spacial score (nSPS) is 10.7. The van der Waals surface area contributed by atoms with Crippen molar-refractivity contribution in [2.45, 2.75) is 0 Å². The molecule has 4 aromatic heterocycles. The molecule has 0 aliphatic carbocycles. The summed E-state index contributed by atoms with van der Waals surface area (Å²) >= 11 is 14.7. The van der Waals surface area contributed by atoms with Gasteiger partial charge in [-0.1, -0.05) is 23.2 Å². The Labute approximate surface area is 141 Å². The van der Waals surface area contributed by atoms with Crippen molar-refractivity contribution in [1.82, 2.24) is 29.9 Å². The highest BCUT2D eigenvalue weighted by Crippen LogP contribution is 2.26. The van der Waals surface area contributed by atoms with E-state index >= 15 is 0 Å². The molecule has 0 atom stereocenters. The molecule has 0 spiro atoms. The Morgan fingerprint density at radius 1 is 0.864 bits per heavy atom. The Morgan fingerprint density at radius 2 is 1.41 bits per heavy atom. The highest BCUT2D eigenvalue weighted by Gasteiger charge is 2.07. The van der Waals surface area contributed by atoms with Gasteiger partial charge in [0.25, 0.3) is 0 Å². The molecule has 0 radical (unpaired) electrons. The van der Waals surface area contributed by atoms with Gasteiger partial charge in [-0.05, 0) is 15.9 Å². The first-order valence-electron chi connectivity index (χ1n) is 5.84. The van der Waals surface area contributed by atoms with Crippen LogP contribution in [0.3, 0.4) is 0 Å². The fourth-order valence-electron chi connectivity index (χ4n) is 1.78. The molecule has 112 valence electrons. The molecule has 0 unspecified atom stereocenters. The standard InChI is InChI=1S/C6H3BrClN3.C6H3ClFN3/c7-3-1-9-6-4(3)5(8)10-2-11-6;7-5-4-3(8)1-9-6(4)11-2-10-5/h2*1-2H,(H,9,10,11). The van der Waals surface area contributed by atoms with Crippen LogP contribution in [-0.2, 0) is 0 Å². The number of nitrogens with one attached hydrogen (secondary N) is 2. The van der Waals surface area contributed by atoms with Gasteiger partial charge in [-0.3, -0.25) is 0 Å². The van der Waals surface area contributed by atoms with Crippen LogP contribution in [0.2, 0.25) is 10.3 Å². The average Bonchev–Trinajstić information content (AvgIpc) is 3.06. The maximum atomic E-state index is 12.8. The second-order valence-electron chi connectivity index (χ2n) is 4.05. The fraction of sp³-hybridized carbons (Fsp3) is 0. The first-order valence-corrected chi connectivity index (χ1v) is 7.39. The van der Waals surface area contributed by atoms with Gasteiger partial charge in [0.05, 0.1) is 10.8 Å². The molecule has 0 aliphatic rings. The third kappa shape index (κ3) is 2.77. The molecule has 0 aliphatic heterocycles. The van der Waals surface area contributed by atoms with Gasteiger partial charge < -0.3 is 9.97 Å². The second kappa shape index (κ2) is 6.15. The number of rotatable bonds is 0. The largest absolute Gasteiger partial charge is 0.345 e. The summed E-state index contributed by atoms with van der Waals surface area (Å²) in [6.45, 7) is 0. The quantitative estimate of drug-likeness (QED) is 0.432. The molecular formula is C12H6BrCl2FN6. The van der Waals surface area contributed by atoms with Gasteiger partial charge in [0.1, 0.15) is 34.3 Å². The summed E-state index contributed by atoms with van der Waals surface area (Å²) in [4.78, 5) is 20.8. The monoisotopic (exact) mass is 402 g/mol. The molecule has 0 amide bonds. The maximum absolute atomic E-state index is 12.8. The van der Waals surface area contributed by atoms with Crippen LogP contribution in [-0.4, -0.2) is 29.9 Å². The van der Waals surface area contributed by atoms with Gasteiger partial charge in [-0.2, -0.15) is 0 Å². The minimum absolute atomic E-state index is 0.133. The van der Waals surface area contributed by atoms with Crippen molar-refractivity contribution in [3.8, 4) is 0 Å². The highest BCUT2D eigenvalue weighted by molar-refractivity contribution is 9.10. The maximum Gasteiger partial charge on any atom is 0.153 e. The van der Waals surface area contributed by atoms with Crippen LogP contribution < -0.4 is 0 Å². The van der Waals surface area contributed by atoms with Crippen molar-refractivity contribution < 1.29 is 4.39 Å². The zero-order valence-electron chi connectivity index (χ0n) is 10.6. The van der Waals surface area contributed by atoms with Gasteiger partial charge in [0, 0.05) is 16.9 Å². The Kier molecular flexibility index (Phi) is 4.23. The number of fused-ring (bicyclic) bond motifs is 2. The molecule has 6 nitrogen and oxygen atoms in total. The van der Waals surface area contributed by atoms with E-state index in [0.29, 0.717) is 10.8 Å². The van der Waals surface area contributed by atoms with Crippen molar-refractivity contribution in [3.63, 3.8) is 0 Å². The van der Waals surface area contributed by atoms with E-state index in [9.17, 15) is 4.39 Å². The number of nitrogens with zero attached hydrogens (tertiary/aromatic N) is 4. The summed E-state index contributed by atoms with van der Waals surface area (Å²) in [5.41, 5.74) is 1.17. The van der Waals surface area contributed by atoms with Gasteiger partial charge >= 0.3 is 0 Å². The Hall–Kier alpha value is -1.77. The molecule has 4 rings (SSSR count). The average molecular weight is 404 g/mol. The minimum Gasteiger partial charge on any atom is -0.345 e. The summed E-state index contributed by atoms with van der Waals surface area (Å²) < 4.78 is 13.7. The predicted molar refractivity (Wildman–Crippen MR) is 85.5 cm³/mol. The van der Waals surface area contributed by atoms with E-state index in [0.717, 1.165) is 15.5 Å². The Balaban J connectivity index is 0.000000131. The summed E-state index contributed by atoms with van der Waals surface area (Å²) in [6, 6.07) is 0. The van der Waals surface area contributed by atoms with Crippen molar-refractivity contribution in [2.75, 3.05) is 0 Å². The van der Waals surface area contributed by atoms with Gasteiger partial charge in [-0.25, -0.2) is 24.3 Å². The number of hydrogen-bond donors (Lipinski definition) is 2. The van der Waals surface area contributed by atoms with Crippen LogP contribution in [0.25, 0.3) is 22.1 Å². The van der Waals surface area contributed by atoms with Crippen LogP contribution in [0.5, 0.6) is 0 Å². The number of H-pyrrole nitrogens is 2. The molecule has 0 bridgehead atoms. The molecule has 4 heterocycles. The van der Waals surface area contributed by atoms with E-state index < -0.39 is 5.82 Å². The lowest BCUT2D eigenvalue weighted by molar-refractivity contribution is 0.639. The van der Waals surface area contributed by atoms with Crippen LogP contribution in [0.4, 0.5) is 4.39 Å². The van der Waals surface area contributed by atoms with E-state index in [1.165, 1.54) is 18.9 Å². The topological polar surface area (TPSA) is 83.1 Å². The fourth-order valence-corrected chi connectivity index (χ4v) is 2.84. The summed E-state index contributed by atoms with van der Waals surface area (Å²) in [6.07, 6.45) is 5.69. The number of halogens is 4. The molecule has 0 aromatic carbocycles. The highest BCUT2D eigenvalue weighted by atomic mass is 79.9. The predicted octanol–water partition coefficient (Wildman–Crippen LogP) is 4.12. The second-order valence-corrected chi connectivity index (χ2v) is 5.62. The summed E-state index contributed by atoms with van der Waals surface area (Å²) in [5.74, 6) is -0.425. The van der Waals surface area contributed by atoms with E-state index in [4.69, 9.17) is 23.2 Å². The van der Waals surface area contributed by atoms with Crippen LogP contribution >= 0.6 is 39.1 Å². The Bertz CT molecular complexity index is 875. The van der Waals surface area contributed by atoms with E-state index in [-0.39, 0.29) is 10.5 Å². The zero-order valence-corrected chi connectivity index (χ0v) is 13.7.